The predicted octanol–water partition coefficient (Wildman–Crippen LogP) is 1.64. The van der Waals surface area contributed by atoms with Crippen molar-refractivity contribution in [1.82, 2.24) is 9.62 Å². The van der Waals surface area contributed by atoms with E-state index in [2.05, 4.69) is 10.0 Å². The van der Waals surface area contributed by atoms with E-state index in [4.69, 9.17) is 4.42 Å². The van der Waals surface area contributed by atoms with Crippen LogP contribution in [0.5, 0.6) is 0 Å². The second kappa shape index (κ2) is 7.55. The highest BCUT2D eigenvalue weighted by Crippen LogP contribution is 2.22. The standard InChI is InChI=1S/C16H15N3O6S2/c1-17-27(23,24)14-7-6-12(25-14)15(21)18-11-4-2-10(3-5-11)8-19-13(20)9-26-16(19)22/h2-7,17H,8-9H2,1H3,(H,18,21). The number of hydrogen-bond acceptors (Lipinski definition) is 7. The van der Waals surface area contributed by atoms with Crippen molar-refractivity contribution in [3.8, 4) is 0 Å². The lowest BCUT2D eigenvalue weighted by Gasteiger charge is -2.13. The van der Waals surface area contributed by atoms with Crippen LogP contribution in [0, 0.1) is 0 Å². The molecule has 1 aliphatic heterocycles. The number of thioether (sulfide) groups is 1. The van der Waals surface area contributed by atoms with Gasteiger partial charge in [-0.2, -0.15) is 0 Å². The molecule has 0 unspecified atom stereocenters. The Hall–Kier alpha value is -2.63. The largest absolute Gasteiger partial charge is 0.438 e. The Labute approximate surface area is 159 Å². The molecule has 2 heterocycles. The minimum atomic E-state index is -3.77. The van der Waals surface area contributed by atoms with E-state index in [1.165, 1.54) is 24.1 Å². The first-order valence-electron chi connectivity index (χ1n) is 7.71. The second-order valence-corrected chi connectivity index (χ2v) is 8.26. The molecule has 0 bridgehead atoms. The van der Waals surface area contributed by atoms with Gasteiger partial charge in [0.25, 0.3) is 21.2 Å². The van der Waals surface area contributed by atoms with E-state index in [9.17, 15) is 22.8 Å². The molecule has 0 radical (unpaired) electrons. The van der Waals surface area contributed by atoms with Gasteiger partial charge in [0.05, 0.1) is 12.3 Å². The maximum atomic E-state index is 12.2. The van der Waals surface area contributed by atoms with Gasteiger partial charge in [0, 0.05) is 5.69 Å². The molecule has 0 saturated carbocycles. The molecule has 1 fully saturated rings. The fraction of sp³-hybridized carbons (Fsp3) is 0.188. The number of nitrogens with zero attached hydrogens (tertiary/aromatic N) is 1. The summed E-state index contributed by atoms with van der Waals surface area (Å²) < 4.78 is 30.4. The number of nitrogens with one attached hydrogen (secondary N) is 2. The first-order valence-corrected chi connectivity index (χ1v) is 10.2. The van der Waals surface area contributed by atoms with E-state index in [0.717, 1.165) is 17.3 Å². The summed E-state index contributed by atoms with van der Waals surface area (Å²) in [6.45, 7) is 0.169. The molecule has 3 rings (SSSR count). The number of carbonyl (C=O) groups is 3. The Morgan fingerprint density at radius 2 is 1.89 bits per heavy atom. The third-order valence-electron chi connectivity index (χ3n) is 3.73. The van der Waals surface area contributed by atoms with Crippen LogP contribution in [0.2, 0.25) is 0 Å². The monoisotopic (exact) mass is 409 g/mol. The van der Waals surface area contributed by atoms with Crippen LogP contribution in [0.25, 0.3) is 0 Å². The van der Waals surface area contributed by atoms with Crippen molar-refractivity contribution in [2.75, 3.05) is 18.1 Å². The Morgan fingerprint density at radius 3 is 2.48 bits per heavy atom. The smallest absolute Gasteiger partial charge is 0.291 e. The average Bonchev–Trinajstić information content (AvgIpc) is 3.26. The van der Waals surface area contributed by atoms with Crippen molar-refractivity contribution in [3.63, 3.8) is 0 Å². The summed E-state index contributed by atoms with van der Waals surface area (Å²) in [5, 5.41) is 1.95. The molecule has 2 aromatic rings. The van der Waals surface area contributed by atoms with Gasteiger partial charge in [0.2, 0.25) is 11.0 Å². The lowest BCUT2D eigenvalue weighted by Crippen LogP contribution is -2.27. The van der Waals surface area contributed by atoms with Gasteiger partial charge < -0.3 is 9.73 Å². The highest BCUT2D eigenvalue weighted by Gasteiger charge is 2.29. The van der Waals surface area contributed by atoms with Crippen LogP contribution in [0.1, 0.15) is 16.1 Å². The van der Waals surface area contributed by atoms with Gasteiger partial charge in [-0.1, -0.05) is 23.9 Å². The molecule has 27 heavy (non-hydrogen) atoms. The van der Waals surface area contributed by atoms with Gasteiger partial charge in [0.1, 0.15) is 0 Å². The number of sulfonamides is 1. The molecule has 1 aromatic carbocycles. The van der Waals surface area contributed by atoms with E-state index in [1.807, 2.05) is 0 Å². The quantitative estimate of drug-likeness (QED) is 0.743. The topological polar surface area (TPSA) is 126 Å². The molecule has 9 nitrogen and oxygen atoms in total. The number of hydrogen-bond donors (Lipinski definition) is 2. The summed E-state index contributed by atoms with van der Waals surface area (Å²) in [4.78, 5) is 36.6. The predicted molar refractivity (Wildman–Crippen MR) is 97.8 cm³/mol. The van der Waals surface area contributed by atoms with Crippen LogP contribution in [0.4, 0.5) is 10.5 Å². The number of anilines is 1. The molecule has 1 aliphatic rings. The molecule has 0 atom stereocenters. The molecular weight excluding hydrogens is 394 g/mol. The number of furan rings is 1. The summed E-state index contributed by atoms with van der Waals surface area (Å²) in [7, 11) is -2.53. The molecule has 1 aromatic heterocycles. The lowest BCUT2D eigenvalue weighted by atomic mass is 10.2. The first kappa shape index (κ1) is 19.1. The Kier molecular flexibility index (Phi) is 5.35. The van der Waals surface area contributed by atoms with Gasteiger partial charge in [0.15, 0.2) is 5.76 Å². The fourth-order valence-electron chi connectivity index (χ4n) is 2.29. The van der Waals surface area contributed by atoms with Crippen molar-refractivity contribution < 1.29 is 27.2 Å². The molecule has 1 saturated heterocycles. The van der Waals surface area contributed by atoms with E-state index in [1.54, 1.807) is 24.3 Å². The summed E-state index contributed by atoms with van der Waals surface area (Å²) in [6, 6.07) is 9.03. The van der Waals surface area contributed by atoms with E-state index >= 15 is 0 Å². The summed E-state index contributed by atoms with van der Waals surface area (Å²) in [5.41, 5.74) is 1.18. The lowest BCUT2D eigenvalue weighted by molar-refractivity contribution is -0.125. The number of carbonyl (C=O) groups excluding carboxylic acids is 3. The van der Waals surface area contributed by atoms with Crippen molar-refractivity contribution in [3.05, 3.63) is 47.7 Å². The fourth-order valence-corrected chi connectivity index (χ4v) is 3.66. The minimum Gasteiger partial charge on any atom is -0.438 e. The van der Waals surface area contributed by atoms with Crippen LogP contribution >= 0.6 is 11.8 Å². The Bertz CT molecular complexity index is 981. The molecule has 2 N–H and O–H groups in total. The van der Waals surface area contributed by atoms with Crippen LogP contribution in [0.3, 0.4) is 0 Å². The van der Waals surface area contributed by atoms with Gasteiger partial charge in [-0.05, 0) is 36.9 Å². The summed E-state index contributed by atoms with van der Waals surface area (Å²) in [5.74, 6) is -0.839. The maximum Gasteiger partial charge on any atom is 0.291 e. The highest BCUT2D eigenvalue weighted by molar-refractivity contribution is 8.14. The van der Waals surface area contributed by atoms with E-state index < -0.39 is 15.9 Å². The van der Waals surface area contributed by atoms with Gasteiger partial charge >= 0.3 is 0 Å². The van der Waals surface area contributed by atoms with Crippen molar-refractivity contribution >= 4 is 44.5 Å². The highest BCUT2D eigenvalue weighted by atomic mass is 32.2. The molecule has 0 aliphatic carbocycles. The molecular formula is C16H15N3O6S2. The maximum absolute atomic E-state index is 12.2. The van der Waals surface area contributed by atoms with Gasteiger partial charge in [-0.25, -0.2) is 13.1 Å². The van der Waals surface area contributed by atoms with Crippen molar-refractivity contribution in [2.45, 2.75) is 11.6 Å². The Morgan fingerprint density at radius 1 is 1.19 bits per heavy atom. The zero-order chi connectivity index (χ0) is 19.6. The zero-order valence-electron chi connectivity index (χ0n) is 14.1. The minimum absolute atomic E-state index is 0.154. The molecule has 0 spiro atoms. The van der Waals surface area contributed by atoms with E-state index in [0.29, 0.717) is 5.69 Å². The van der Waals surface area contributed by atoms with Gasteiger partial charge in [-0.15, -0.1) is 0 Å². The van der Waals surface area contributed by atoms with Crippen molar-refractivity contribution in [2.24, 2.45) is 0 Å². The number of benzene rings is 1. The van der Waals surface area contributed by atoms with Crippen LogP contribution < -0.4 is 10.0 Å². The number of imide groups is 1. The van der Waals surface area contributed by atoms with Crippen molar-refractivity contribution in [1.29, 1.82) is 0 Å². The first-order chi connectivity index (χ1) is 12.8. The SMILES string of the molecule is CNS(=O)(=O)c1ccc(C(=O)Nc2ccc(CN3C(=O)CSC3=O)cc2)o1. The molecule has 11 heteroatoms. The summed E-state index contributed by atoms with van der Waals surface area (Å²) in [6.07, 6.45) is 0. The van der Waals surface area contributed by atoms with Crippen LogP contribution in [-0.2, 0) is 21.4 Å². The third-order valence-corrected chi connectivity index (χ3v) is 5.88. The number of amides is 3. The van der Waals surface area contributed by atoms with E-state index in [-0.39, 0.29) is 34.3 Å². The number of rotatable bonds is 6. The summed E-state index contributed by atoms with van der Waals surface area (Å²) >= 11 is 0.970. The second-order valence-electron chi connectivity index (χ2n) is 5.51. The third kappa shape index (κ3) is 4.21. The van der Waals surface area contributed by atoms with Gasteiger partial charge in [-0.3, -0.25) is 19.3 Å². The normalized spacial score (nSPS) is 14.6. The average molecular weight is 409 g/mol. The molecule has 3 amide bonds. The van der Waals surface area contributed by atoms with Crippen LogP contribution in [0.15, 0.2) is 45.9 Å². The molecule has 142 valence electrons. The Balaban J connectivity index is 1.65. The van der Waals surface area contributed by atoms with Crippen LogP contribution in [-0.4, -0.2) is 43.2 Å². The zero-order valence-corrected chi connectivity index (χ0v) is 15.7.